The molecule has 0 aromatic carbocycles. The van der Waals surface area contributed by atoms with E-state index in [0.29, 0.717) is 31.3 Å². The second-order valence-electron chi connectivity index (χ2n) is 9.40. The van der Waals surface area contributed by atoms with Gasteiger partial charge in [0.25, 0.3) is 5.91 Å². The number of anilines is 1. The van der Waals surface area contributed by atoms with Gasteiger partial charge in [0.05, 0.1) is 18.5 Å². The van der Waals surface area contributed by atoms with Crippen molar-refractivity contribution in [3.63, 3.8) is 0 Å². The molecule has 0 saturated carbocycles. The summed E-state index contributed by atoms with van der Waals surface area (Å²) in [6.07, 6.45) is -4.90. The topological polar surface area (TPSA) is 151 Å². The number of methoxy groups -OCH3 is 1. The molecule has 0 atom stereocenters. The molecule has 0 spiro atoms. The molecule has 1 amide bonds. The molecule has 4 heterocycles. The molecule has 1 aliphatic heterocycles. The van der Waals surface area contributed by atoms with E-state index in [4.69, 9.17) is 29.5 Å². The molecule has 12 nitrogen and oxygen atoms in total. The van der Waals surface area contributed by atoms with Gasteiger partial charge < -0.3 is 29.3 Å². The van der Waals surface area contributed by atoms with Crippen molar-refractivity contribution in [2.24, 2.45) is 7.05 Å². The fourth-order valence-electron chi connectivity index (χ4n) is 3.97. The molecule has 242 valence electrons. The number of hydrogen-bond acceptors (Lipinski definition) is 8. The molecule has 1 aliphatic rings. The van der Waals surface area contributed by atoms with Crippen LogP contribution in [0.3, 0.4) is 0 Å². The molecule has 2 N–H and O–H groups in total. The number of piperidine rings is 1. The van der Waals surface area contributed by atoms with E-state index in [1.807, 2.05) is 42.0 Å². The smallest absolute Gasteiger partial charge is 0.475 e. The molecule has 18 heteroatoms. The number of hydrogen-bond donors (Lipinski definition) is 2. The third-order valence-electron chi connectivity index (χ3n) is 6.28. The van der Waals surface area contributed by atoms with Gasteiger partial charge in [-0.25, -0.2) is 19.6 Å². The van der Waals surface area contributed by atoms with Gasteiger partial charge in [0.15, 0.2) is 5.82 Å². The third kappa shape index (κ3) is 10.1. The fraction of sp³-hybridized carbons (Fsp3) is 0.462. The number of rotatable bonds is 6. The van der Waals surface area contributed by atoms with Crippen LogP contribution in [0.25, 0.3) is 11.0 Å². The minimum absolute atomic E-state index is 0.00378. The van der Waals surface area contributed by atoms with Crippen LogP contribution in [0.15, 0.2) is 36.8 Å². The number of carboxylic acid groups (broad SMARTS) is 2. The van der Waals surface area contributed by atoms with Crippen LogP contribution in [0, 0.1) is 0 Å². The number of carbonyl (C=O) groups is 3. The van der Waals surface area contributed by atoms with Crippen LogP contribution in [0.1, 0.15) is 34.9 Å². The zero-order valence-corrected chi connectivity index (χ0v) is 23.8. The molecule has 3 aromatic rings. The number of likely N-dealkylation sites (N-methyl/N-ethyl adjacent to an activating group) is 1. The number of alkyl halides is 6. The Balaban J connectivity index is 0.000000402. The number of carboxylic acids is 2. The zero-order chi connectivity index (χ0) is 33.2. The quantitative estimate of drug-likeness (QED) is 0.383. The van der Waals surface area contributed by atoms with E-state index < -0.39 is 24.3 Å². The van der Waals surface area contributed by atoms with Gasteiger partial charge in [-0.05, 0) is 31.0 Å². The van der Waals surface area contributed by atoms with Crippen molar-refractivity contribution >= 4 is 34.7 Å². The molecular weight excluding hydrogens is 606 g/mol. The highest BCUT2D eigenvalue weighted by Crippen LogP contribution is 2.32. The lowest BCUT2D eigenvalue weighted by Crippen LogP contribution is -2.38. The van der Waals surface area contributed by atoms with Crippen LogP contribution in [0.5, 0.6) is 0 Å². The lowest BCUT2D eigenvalue weighted by molar-refractivity contribution is -0.193. The number of amides is 1. The first-order valence-corrected chi connectivity index (χ1v) is 12.8. The average molecular weight is 637 g/mol. The highest BCUT2D eigenvalue weighted by molar-refractivity contribution is 5.92. The summed E-state index contributed by atoms with van der Waals surface area (Å²) in [6, 6.07) is 7.59. The second-order valence-corrected chi connectivity index (χ2v) is 9.40. The minimum atomic E-state index is -5.08. The van der Waals surface area contributed by atoms with E-state index in [1.165, 1.54) is 0 Å². The van der Waals surface area contributed by atoms with Crippen molar-refractivity contribution in [1.29, 1.82) is 0 Å². The van der Waals surface area contributed by atoms with Crippen molar-refractivity contribution in [2.75, 3.05) is 45.3 Å². The van der Waals surface area contributed by atoms with E-state index in [-0.39, 0.29) is 5.91 Å². The Hall–Kier alpha value is -4.48. The largest absolute Gasteiger partial charge is 0.490 e. The number of aryl methyl sites for hydroxylation is 1. The molecule has 0 unspecified atom stereocenters. The van der Waals surface area contributed by atoms with Crippen molar-refractivity contribution < 1.29 is 55.7 Å². The summed E-state index contributed by atoms with van der Waals surface area (Å²) >= 11 is 0. The molecule has 1 fully saturated rings. The summed E-state index contributed by atoms with van der Waals surface area (Å²) in [4.78, 5) is 48.2. The van der Waals surface area contributed by atoms with Gasteiger partial charge in [0, 0.05) is 58.6 Å². The number of fused-ring (bicyclic) bond motifs is 1. The summed E-state index contributed by atoms with van der Waals surface area (Å²) in [5, 5.41) is 14.2. The lowest BCUT2D eigenvalue weighted by atomic mass is 9.92. The zero-order valence-electron chi connectivity index (χ0n) is 23.8. The van der Waals surface area contributed by atoms with Gasteiger partial charge in [-0.15, -0.1) is 0 Å². The Morgan fingerprint density at radius 1 is 1.02 bits per heavy atom. The van der Waals surface area contributed by atoms with Crippen molar-refractivity contribution in [2.45, 2.75) is 31.1 Å². The van der Waals surface area contributed by atoms with Crippen molar-refractivity contribution in [1.82, 2.24) is 24.4 Å². The van der Waals surface area contributed by atoms with E-state index in [2.05, 4.69) is 20.9 Å². The number of pyridine rings is 2. The maximum absolute atomic E-state index is 12.7. The molecular formula is C26H30F6N6O6. The molecule has 1 saturated heterocycles. The normalized spacial score (nSPS) is 13.8. The summed E-state index contributed by atoms with van der Waals surface area (Å²) in [6.45, 7) is 2.79. The Kier molecular flexibility index (Phi) is 12.4. The number of ether oxygens (including phenoxy) is 1. The number of likely N-dealkylation sites (tertiary alicyclic amines) is 1. The van der Waals surface area contributed by atoms with Crippen LogP contribution >= 0.6 is 0 Å². The molecule has 0 bridgehead atoms. The molecule has 0 radical (unpaired) electrons. The monoisotopic (exact) mass is 636 g/mol. The number of carbonyl (C=O) groups excluding carboxylic acids is 1. The number of imidazole rings is 1. The van der Waals surface area contributed by atoms with Crippen LogP contribution < -0.4 is 4.90 Å². The predicted molar refractivity (Wildman–Crippen MR) is 143 cm³/mol. The standard InChI is InChI=1S/C22H28N6O2.2C2HF3O2/c1-26(12-13-30-3)21-20-19(27(2)15-24-20)14-18(25-21)16-7-10-28(11-8-16)22(29)17-6-4-5-9-23-17;2*3-2(4,5)1(6)7/h4-6,9,14-16H,7-8,10-13H2,1-3H3;2*(H,6,7). The van der Waals surface area contributed by atoms with E-state index >= 15 is 0 Å². The highest BCUT2D eigenvalue weighted by Gasteiger charge is 2.39. The molecule has 3 aromatic heterocycles. The summed E-state index contributed by atoms with van der Waals surface area (Å²) in [5.74, 6) is -4.32. The molecule has 44 heavy (non-hydrogen) atoms. The minimum Gasteiger partial charge on any atom is -0.475 e. The first kappa shape index (κ1) is 35.7. The Bertz CT molecular complexity index is 1380. The molecule has 0 aliphatic carbocycles. The van der Waals surface area contributed by atoms with Gasteiger partial charge in [-0.1, -0.05) is 6.07 Å². The van der Waals surface area contributed by atoms with Crippen LogP contribution in [0.4, 0.5) is 32.2 Å². The number of nitrogens with zero attached hydrogens (tertiary/aromatic N) is 6. The molecule has 4 rings (SSSR count). The third-order valence-corrected chi connectivity index (χ3v) is 6.28. The SMILES string of the molecule is COCCN(C)c1nc(C2CCN(C(=O)c3ccccn3)CC2)cc2c1ncn2C.O=C(O)C(F)(F)F.O=C(O)C(F)(F)F. The number of aliphatic carboxylic acids is 2. The number of aromatic nitrogens is 4. The Labute approximate surface area is 246 Å². The van der Waals surface area contributed by atoms with Crippen LogP contribution in [-0.2, 0) is 21.4 Å². The maximum atomic E-state index is 12.7. The van der Waals surface area contributed by atoms with E-state index in [0.717, 1.165) is 41.9 Å². The lowest BCUT2D eigenvalue weighted by Gasteiger charge is -2.32. The maximum Gasteiger partial charge on any atom is 0.490 e. The van der Waals surface area contributed by atoms with E-state index in [1.54, 1.807) is 19.4 Å². The van der Waals surface area contributed by atoms with Gasteiger partial charge in [0.1, 0.15) is 11.2 Å². The number of halogens is 6. The van der Waals surface area contributed by atoms with Gasteiger partial charge in [0.2, 0.25) is 0 Å². The second kappa shape index (κ2) is 15.3. The fourth-order valence-corrected chi connectivity index (χ4v) is 3.97. The first-order chi connectivity index (χ1) is 20.5. The highest BCUT2D eigenvalue weighted by atomic mass is 19.4. The predicted octanol–water partition coefficient (Wildman–Crippen LogP) is 3.73. The van der Waals surface area contributed by atoms with Crippen molar-refractivity contribution in [3.05, 3.63) is 48.2 Å². The summed E-state index contributed by atoms with van der Waals surface area (Å²) in [5.41, 5.74) is 3.55. The van der Waals surface area contributed by atoms with E-state index in [9.17, 15) is 31.1 Å². The van der Waals surface area contributed by atoms with Crippen LogP contribution in [-0.4, -0.2) is 105 Å². The Morgan fingerprint density at radius 2 is 1.59 bits per heavy atom. The summed E-state index contributed by atoms with van der Waals surface area (Å²) < 4.78 is 70.7. The van der Waals surface area contributed by atoms with Gasteiger partial charge >= 0.3 is 24.3 Å². The van der Waals surface area contributed by atoms with Crippen LogP contribution in [0.2, 0.25) is 0 Å². The first-order valence-electron chi connectivity index (χ1n) is 12.8. The van der Waals surface area contributed by atoms with Crippen molar-refractivity contribution in [3.8, 4) is 0 Å². The Morgan fingerprint density at radius 3 is 2.07 bits per heavy atom. The average Bonchev–Trinajstić information content (AvgIpc) is 3.35. The van der Waals surface area contributed by atoms with Gasteiger partial charge in [-0.2, -0.15) is 26.3 Å². The van der Waals surface area contributed by atoms with Gasteiger partial charge in [-0.3, -0.25) is 9.78 Å². The summed E-state index contributed by atoms with van der Waals surface area (Å²) in [7, 11) is 5.73.